The van der Waals surface area contributed by atoms with E-state index in [9.17, 15) is 4.79 Å². The highest BCUT2D eigenvalue weighted by Gasteiger charge is 2.07. The van der Waals surface area contributed by atoms with Gasteiger partial charge in [0, 0.05) is 12.2 Å². The van der Waals surface area contributed by atoms with Gasteiger partial charge in [-0.1, -0.05) is 25.4 Å². The van der Waals surface area contributed by atoms with Gasteiger partial charge in [-0.15, -0.1) is 0 Å². The van der Waals surface area contributed by atoms with Crippen molar-refractivity contribution >= 4 is 23.2 Å². The highest BCUT2D eigenvalue weighted by Crippen LogP contribution is 2.20. The summed E-state index contributed by atoms with van der Waals surface area (Å²) in [5, 5.41) is 3.59. The Bertz CT molecular complexity index is 364. The van der Waals surface area contributed by atoms with E-state index >= 15 is 0 Å². The second-order valence-electron chi connectivity index (χ2n) is 3.83. The van der Waals surface area contributed by atoms with E-state index < -0.39 is 5.91 Å². The van der Waals surface area contributed by atoms with Crippen molar-refractivity contribution < 1.29 is 4.79 Å². The molecule has 82 valence electrons. The van der Waals surface area contributed by atoms with Gasteiger partial charge in [0.05, 0.1) is 10.6 Å². The molecule has 1 amide bonds. The van der Waals surface area contributed by atoms with Crippen molar-refractivity contribution in [2.45, 2.75) is 13.8 Å². The summed E-state index contributed by atoms with van der Waals surface area (Å²) < 4.78 is 0. The fourth-order valence-electron chi connectivity index (χ4n) is 1.15. The van der Waals surface area contributed by atoms with Crippen LogP contribution in [0.25, 0.3) is 0 Å². The van der Waals surface area contributed by atoms with Gasteiger partial charge in [-0.25, -0.2) is 0 Å². The van der Waals surface area contributed by atoms with E-state index in [-0.39, 0.29) is 0 Å². The summed E-state index contributed by atoms with van der Waals surface area (Å²) >= 11 is 5.83. The monoisotopic (exact) mass is 226 g/mol. The lowest BCUT2D eigenvalue weighted by Gasteiger charge is -2.10. The van der Waals surface area contributed by atoms with Crippen LogP contribution >= 0.6 is 11.6 Å². The maximum Gasteiger partial charge on any atom is 0.250 e. The van der Waals surface area contributed by atoms with Crippen LogP contribution in [0.2, 0.25) is 5.02 Å². The highest BCUT2D eigenvalue weighted by molar-refractivity contribution is 6.33. The highest BCUT2D eigenvalue weighted by atomic mass is 35.5. The van der Waals surface area contributed by atoms with E-state index in [1.807, 2.05) is 6.07 Å². The van der Waals surface area contributed by atoms with Crippen molar-refractivity contribution in [3.63, 3.8) is 0 Å². The van der Waals surface area contributed by atoms with Crippen molar-refractivity contribution in [2.75, 3.05) is 11.9 Å². The molecule has 0 aliphatic carbocycles. The van der Waals surface area contributed by atoms with Crippen LogP contribution in [-0.4, -0.2) is 12.5 Å². The number of benzene rings is 1. The van der Waals surface area contributed by atoms with Crippen molar-refractivity contribution in [2.24, 2.45) is 11.7 Å². The van der Waals surface area contributed by atoms with Crippen LogP contribution < -0.4 is 11.1 Å². The van der Waals surface area contributed by atoms with Gasteiger partial charge in [0.2, 0.25) is 5.91 Å². The number of nitrogens with two attached hydrogens (primary N) is 1. The van der Waals surface area contributed by atoms with Crippen LogP contribution in [0, 0.1) is 5.92 Å². The van der Waals surface area contributed by atoms with Crippen LogP contribution in [0.15, 0.2) is 18.2 Å². The molecule has 0 atom stereocenters. The van der Waals surface area contributed by atoms with E-state index in [0.717, 1.165) is 12.2 Å². The Hall–Kier alpha value is -1.22. The molecule has 1 rings (SSSR count). The summed E-state index contributed by atoms with van der Waals surface area (Å²) in [6.45, 7) is 5.07. The molecule has 0 spiro atoms. The summed E-state index contributed by atoms with van der Waals surface area (Å²) in [6, 6.07) is 5.18. The number of halogens is 1. The molecule has 0 unspecified atom stereocenters. The molecule has 0 aromatic heterocycles. The van der Waals surface area contributed by atoms with Gasteiger partial charge < -0.3 is 11.1 Å². The molecule has 3 nitrogen and oxygen atoms in total. The average Bonchev–Trinajstić information content (AvgIpc) is 2.16. The Morgan fingerprint density at radius 1 is 1.53 bits per heavy atom. The maximum absolute atomic E-state index is 11.0. The number of amides is 1. The number of rotatable bonds is 4. The Morgan fingerprint density at radius 3 is 2.73 bits per heavy atom. The normalized spacial score (nSPS) is 10.4. The standard InChI is InChI=1S/C11H15ClN2O/c1-7(2)6-14-8-3-4-10(12)9(5-8)11(13)15/h3-5,7,14H,6H2,1-2H3,(H2,13,15). The first-order valence-corrected chi connectivity index (χ1v) is 5.21. The summed E-state index contributed by atoms with van der Waals surface area (Å²) in [7, 11) is 0. The molecule has 3 N–H and O–H groups in total. The smallest absolute Gasteiger partial charge is 0.250 e. The van der Waals surface area contributed by atoms with Gasteiger partial charge in [0.1, 0.15) is 0 Å². The van der Waals surface area contributed by atoms with Crippen LogP contribution in [0.4, 0.5) is 5.69 Å². The third-order valence-electron chi connectivity index (χ3n) is 1.95. The van der Waals surface area contributed by atoms with Crippen LogP contribution in [0.3, 0.4) is 0 Å². The van der Waals surface area contributed by atoms with Gasteiger partial charge in [-0.2, -0.15) is 0 Å². The first kappa shape index (κ1) is 11.9. The fourth-order valence-corrected chi connectivity index (χ4v) is 1.36. The largest absolute Gasteiger partial charge is 0.385 e. The van der Waals surface area contributed by atoms with Gasteiger partial charge in [0.25, 0.3) is 0 Å². The number of nitrogens with one attached hydrogen (secondary N) is 1. The van der Waals surface area contributed by atoms with Gasteiger partial charge >= 0.3 is 0 Å². The predicted molar refractivity (Wildman–Crippen MR) is 63.3 cm³/mol. The van der Waals surface area contributed by atoms with Crippen molar-refractivity contribution in [1.29, 1.82) is 0 Å². The number of anilines is 1. The summed E-state index contributed by atoms with van der Waals surface area (Å²) in [4.78, 5) is 11.0. The van der Waals surface area contributed by atoms with Crippen molar-refractivity contribution in [3.8, 4) is 0 Å². The van der Waals surface area contributed by atoms with Crippen molar-refractivity contribution in [1.82, 2.24) is 0 Å². The minimum atomic E-state index is -0.506. The predicted octanol–water partition coefficient (Wildman–Crippen LogP) is 2.51. The van der Waals surface area contributed by atoms with E-state index in [1.54, 1.807) is 12.1 Å². The zero-order chi connectivity index (χ0) is 11.4. The molecule has 0 heterocycles. The summed E-state index contributed by atoms with van der Waals surface area (Å²) in [6.07, 6.45) is 0. The number of carbonyl (C=O) groups is 1. The Morgan fingerprint density at radius 2 is 2.20 bits per heavy atom. The number of hydrogen-bond donors (Lipinski definition) is 2. The Balaban J connectivity index is 2.83. The van der Waals surface area contributed by atoms with E-state index in [2.05, 4.69) is 19.2 Å². The van der Waals surface area contributed by atoms with E-state index in [0.29, 0.717) is 16.5 Å². The molecule has 15 heavy (non-hydrogen) atoms. The van der Waals surface area contributed by atoms with Crippen LogP contribution in [0.1, 0.15) is 24.2 Å². The minimum Gasteiger partial charge on any atom is -0.385 e. The van der Waals surface area contributed by atoms with Crippen LogP contribution in [-0.2, 0) is 0 Å². The Labute approximate surface area is 94.6 Å². The molecule has 0 fully saturated rings. The topological polar surface area (TPSA) is 55.1 Å². The zero-order valence-electron chi connectivity index (χ0n) is 8.88. The molecule has 0 aliphatic heterocycles. The lowest BCUT2D eigenvalue weighted by Crippen LogP contribution is -2.13. The van der Waals surface area contributed by atoms with E-state index in [1.165, 1.54) is 0 Å². The average molecular weight is 227 g/mol. The first-order chi connectivity index (χ1) is 7.00. The molecule has 1 aromatic carbocycles. The molecular weight excluding hydrogens is 212 g/mol. The fraction of sp³-hybridized carbons (Fsp3) is 0.364. The summed E-state index contributed by atoms with van der Waals surface area (Å²) in [5.41, 5.74) is 6.40. The molecule has 0 saturated heterocycles. The second-order valence-corrected chi connectivity index (χ2v) is 4.24. The number of hydrogen-bond acceptors (Lipinski definition) is 2. The number of primary amides is 1. The number of carbonyl (C=O) groups excluding carboxylic acids is 1. The third-order valence-corrected chi connectivity index (χ3v) is 2.28. The zero-order valence-corrected chi connectivity index (χ0v) is 9.64. The molecular formula is C11H15ClN2O. The lowest BCUT2D eigenvalue weighted by molar-refractivity contribution is 0.100. The molecule has 4 heteroatoms. The Kier molecular flexibility index (Phi) is 3.97. The molecule has 1 aromatic rings. The third kappa shape index (κ3) is 3.44. The van der Waals surface area contributed by atoms with Gasteiger partial charge in [-0.3, -0.25) is 4.79 Å². The molecule has 0 aliphatic rings. The minimum absolute atomic E-state index is 0.352. The van der Waals surface area contributed by atoms with Crippen LogP contribution in [0.5, 0.6) is 0 Å². The SMILES string of the molecule is CC(C)CNc1ccc(Cl)c(C(N)=O)c1. The summed E-state index contributed by atoms with van der Waals surface area (Å²) in [5.74, 6) is 0.0332. The van der Waals surface area contributed by atoms with Gasteiger partial charge in [-0.05, 0) is 24.1 Å². The first-order valence-electron chi connectivity index (χ1n) is 4.84. The molecule has 0 saturated carbocycles. The van der Waals surface area contributed by atoms with Crippen molar-refractivity contribution in [3.05, 3.63) is 28.8 Å². The van der Waals surface area contributed by atoms with Gasteiger partial charge in [0.15, 0.2) is 0 Å². The molecule has 0 bridgehead atoms. The quantitative estimate of drug-likeness (QED) is 0.829. The second kappa shape index (κ2) is 5.03. The van der Waals surface area contributed by atoms with E-state index in [4.69, 9.17) is 17.3 Å². The molecule has 0 radical (unpaired) electrons. The maximum atomic E-state index is 11.0. The lowest BCUT2D eigenvalue weighted by atomic mass is 10.1.